The van der Waals surface area contributed by atoms with Gasteiger partial charge in [0, 0.05) is 30.6 Å². The van der Waals surface area contributed by atoms with Crippen LogP contribution in [0.25, 0.3) is 0 Å². The first-order valence-electron chi connectivity index (χ1n) is 15.1. The third-order valence-electron chi connectivity index (χ3n) is 8.91. The lowest BCUT2D eigenvalue weighted by molar-refractivity contribution is -0.140. The number of fused-ring (bicyclic) bond motifs is 1. The summed E-state index contributed by atoms with van der Waals surface area (Å²) in [6.07, 6.45) is 2.09. The molecule has 3 heterocycles. The highest BCUT2D eigenvalue weighted by Crippen LogP contribution is 2.45. The molecule has 3 N–H and O–H groups in total. The molecule has 5 unspecified atom stereocenters. The van der Waals surface area contributed by atoms with Crippen molar-refractivity contribution in [3.63, 3.8) is 0 Å². The first kappa shape index (κ1) is 32.6. The van der Waals surface area contributed by atoms with Gasteiger partial charge in [0.2, 0.25) is 27.1 Å². The van der Waals surface area contributed by atoms with E-state index in [9.17, 15) is 32.0 Å². The standard InChI is InChI=1S/C30H33ClFN7O7S/c1-3-18-12-30(18,27(42)37-47(44,45)20-7-8-20)36-25(40)23-11-19(46-29(43)38-13-17-5-4-6-22(32)21(17)15-38)14-39(23)26(41)16(2)34-24-9-10-33-28(31)35-24/h3-6,9-10,16,18-20,23H,1,7-8,11-15H2,2H3,(H,36,40)(H,37,42)(H,33,34,35). The van der Waals surface area contributed by atoms with Crippen LogP contribution in [0.4, 0.5) is 15.0 Å². The molecule has 2 saturated carbocycles. The van der Waals surface area contributed by atoms with Crippen molar-refractivity contribution in [1.29, 1.82) is 0 Å². The first-order valence-corrected chi connectivity index (χ1v) is 17.0. The molecule has 2 aromatic rings. The molecule has 5 atom stereocenters. The molecule has 0 spiro atoms. The van der Waals surface area contributed by atoms with Crippen molar-refractivity contribution in [3.05, 3.63) is 65.3 Å². The van der Waals surface area contributed by atoms with Crippen molar-refractivity contribution in [1.82, 2.24) is 29.8 Å². The van der Waals surface area contributed by atoms with Crippen LogP contribution in [0.5, 0.6) is 0 Å². The summed E-state index contributed by atoms with van der Waals surface area (Å²) in [6.45, 7) is 5.24. The molecule has 4 amide bonds. The number of sulfonamides is 1. The number of carbonyl (C=O) groups excluding carboxylic acids is 4. The largest absolute Gasteiger partial charge is 0.444 e. The molecule has 0 radical (unpaired) electrons. The highest BCUT2D eigenvalue weighted by molar-refractivity contribution is 7.91. The predicted molar refractivity (Wildman–Crippen MR) is 165 cm³/mol. The maximum atomic E-state index is 14.3. The smallest absolute Gasteiger partial charge is 0.410 e. The van der Waals surface area contributed by atoms with E-state index in [1.807, 2.05) is 0 Å². The number of carbonyl (C=O) groups is 4. The SMILES string of the molecule is C=CC1CC1(NC(=O)C1CC(OC(=O)N2Cc3cccc(F)c3C2)CN1C(=O)C(C)Nc1ccnc(Cl)n1)C(=O)NS(=O)(=O)C1CC1. The number of aromatic nitrogens is 2. The monoisotopic (exact) mass is 689 g/mol. The fourth-order valence-electron chi connectivity index (χ4n) is 6.07. The summed E-state index contributed by atoms with van der Waals surface area (Å²) in [6, 6.07) is 3.98. The highest BCUT2D eigenvalue weighted by atomic mass is 35.5. The van der Waals surface area contributed by atoms with E-state index in [0.717, 1.165) is 0 Å². The predicted octanol–water partition coefficient (Wildman–Crippen LogP) is 1.86. The van der Waals surface area contributed by atoms with Crippen LogP contribution < -0.4 is 15.4 Å². The van der Waals surface area contributed by atoms with Gasteiger partial charge in [-0.2, -0.15) is 0 Å². The van der Waals surface area contributed by atoms with Gasteiger partial charge >= 0.3 is 6.09 Å². The van der Waals surface area contributed by atoms with Crippen LogP contribution >= 0.6 is 11.6 Å². The van der Waals surface area contributed by atoms with Crippen LogP contribution in [0.3, 0.4) is 0 Å². The zero-order chi connectivity index (χ0) is 33.7. The number of benzene rings is 1. The minimum absolute atomic E-state index is 0.00685. The molecule has 3 fully saturated rings. The Labute approximate surface area is 275 Å². The fourth-order valence-corrected chi connectivity index (χ4v) is 7.58. The van der Waals surface area contributed by atoms with Crippen molar-refractivity contribution in [2.24, 2.45) is 5.92 Å². The molecule has 47 heavy (non-hydrogen) atoms. The minimum Gasteiger partial charge on any atom is -0.444 e. The van der Waals surface area contributed by atoms with E-state index in [0.29, 0.717) is 24.0 Å². The summed E-state index contributed by atoms with van der Waals surface area (Å²) in [5.41, 5.74) is -0.527. The normalized spacial score (nSPS) is 25.4. The molecular weight excluding hydrogens is 657 g/mol. The van der Waals surface area contributed by atoms with Crippen LogP contribution in [-0.4, -0.2) is 87.5 Å². The molecule has 17 heteroatoms. The van der Waals surface area contributed by atoms with Crippen LogP contribution in [0.1, 0.15) is 43.7 Å². The van der Waals surface area contributed by atoms with Gasteiger partial charge in [-0.05, 0) is 55.5 Å². The Morgan fingerprint density at radius 3 is 2.64 bits per heavy atom. The molecule has 250 valence electrons. The van der Waals surface area contributed by atoms with Gasteiger partial charge in [-0.3, -0.25) is 24.0 Å². The van der Waals surface area contributed by atoms with Crippen molar-refractivity contribution >= 4 is 51.3 Å². The number of hydrogen-bond acceptors (Lipinski definition) is 10. The third kappa shape index (κ3) is 6.61. The maximum absolute atomic E-state index is 14.3. The quantitative estimate of drug-likeness (QED) is 0.246. The van der Waals surface area contributed by atoms with E-state index >= 15 is 0 Å². The zero-order valence-corrected chi connectivity index (χ0v) is 26.9. The highest BCUT2D eigenvalue weighted by Gasteiger charge is 2.62. The van der Waals surface area contributed by atoms with Gasteiger partial charge in [-0.25, -0.2) is 27.6 Å². The number of halogens is 2. The lowest BCUT2D eigenvalue weighted by atomic mass is 10.1. The van der Waals surface area contributed by atoms with Gasteiger partial charge in [-0.1, -0.05) is 18.2 Å². The second kappa shape index (κ2) is 12.4. The average Bonchev–Trinajstić information content (AvgIpc) is 3.91. The number of likely N-dealkylation sites (tertiary alicyclic amines) is 1. The number of hydrogen-bond donors (Lipinski definition) is 3. The van der Waals surface area contributed by atoms with E-state index in [4.69, 9.17) is 16.3 Å². The number of amides is 4. The molecular formula is C30H33ClFN7O7S. The van der Waals surface area contributed by atoms with Gasteiger partial charge in [0.25, 0.3) is 5.91 Å². The Balaban J connectivity index is 1.19. The summed E-state index contributed by atoms with van der Waals surface area (Å²) in [5, 5.41) is 4.91. The zero-order valence-electron chi connectivity index (χ0n) is 25.3. The van der Waals surface area contributed by atoms with E-state index in [-0.39, 0.29) is 43.6 Å². The first-order chi connectivity index (χ1) is 22.3. The van der Waals surface area contributed by atoms with Crippen LogP contribution in [-0.2, 0) is 42.2 Å². The summed E-state index contributed by atoms with van der Waals surface area (Å²) in [4.78, 5) is 64.5. The maximum Gasteiger partial charge on any atom is 0.410 e. The van der Waals surface area contributed by atoms with Crippen molar-refractivity contribution in [2.75, 3.05) is 11.9 Å². The lowest BCUT2D eigenvalue weighted by Crippen LogP contribution is -2.57. The van der Waals surface area contributed by atoms with Gasteiger partial charge < -0.3 is 20.3 Å². The van der Waals surface area contributed by atoms with Crippen molar-refractivity contribution < 1.29 is 36.7 Å². The molecule has 0 bridgehead atoms. The fraction of sp³-hybridized carbons (Fsp3) is 0.467. The minimum atomic E-state index is -3.90. The lowest BCUT2D eigenvalue weighted by Gasteiger charge is -2.28. The molecule has 14 nitrogen and oxygen atoms in total. The van der Waals surface area contributed by atoms with E-state index in [2.05, 4.69) is 31.9 Å². The van der Waals surface area contributed by atoms with E-state index in [1.165, 1.54) is 34.2 Å². The van der Waals surface area contributed by atoms with Crippen LogP contribution in [0.15, 0.2) is 43.1 Å². The van der Waals surface area contributed by atoms with Gasteiger partial charge in [0.15, 0.2) is 0 Å². The van der Waals surface area contributed by atoms with Crippen molar-refractivity contribution in [3.8, 4) is 0 Å². The second-order valence-corrected chi connectivity index (χ2v) is 14.5. The Kier molecular flexibility index (Phi) is 8.59. The molecule has 6 rings (SSSR count). The Hall–Kier alpha value is -4.31. The number of nitrogens with zero attached hydrogens (tertiary/aromatic N) is 4. The van der Waals surface area contributed by atoms with Gasteiger partial charge in [0.05, 0.1) is 18.3 Å². The number of anilines is 1. The summed E-state index contributed by atoms with van der Waals surface area (Å²) in [7, 11) is -3.90. The summed E-state index contributed by atoms with van der Waals surface area (Å²) >= 11 is 5.88. The second-order valence-electron chi connectivity index (χ2n) is 12.2. The van der Waals surface area contributed by atoms with Crippen molar-refractivity contribution in [2.45, 2.75) is 74.7 Å². The molecule has 1 saturated heterocycles. The Bertz CT molecular complexity index is 1760. The molecule has 4 aliphatic rings. The molecule has 2 aliphatic carbocycles. The average molecular weight is 690 g/mol. The topological polar surface area (TPSA) is 180 Å². The Morgan fingerprint density at radius 2 is 1.98 bits per heavy atom. The molecule has 1 aromatic heterocycles. The summed E-state index contributed by atoms with van der Waals surface area (Å²) < 4.78 is 47.2. The van der Waals surface area contributed by atoms with Crippen LogP contribution in [0.2, 0.25) is 5.28 Å². The number of ether oxygens (including phenoxy) is 1. The van der Waals surface area contributed by atoms with Crippen LogP contribution in [0, 0.1) is 11.7 Å². The van der Waals surface area contributed by atoms with Gasteiger partial charge in [-0.15, -0.1) is 6.58 Å². The summed E-state index contributed by atoms with van der Waals surface area (Å²) in [5.74, 6) is -2.86. The molecule has 1 aromatic carbocycles. The molecule has 2 aliphatic heterocycles. The van der Waals surface area contributed by atoms with E-state index < -0.39 is 74.5 Å². The Morgan fingerprint density at radius 1 is 1.21 bits per heavy atom. The third-order valence-corrected chi connectivity index (χ3v) is 10.9. The van der Waals surface area contributed by atoms with Gasteiger partial charge in [0.1, 0.15) is 35.4 Å². The van der Waals surface area contributed by atoms with E-state index in [1.54, 1.807) is 19.1 Å². The number of nitrogens with one attached hydrogen (secondary N) is 3. The number of rotatable bonds is 10.